The Kier molecular flexibility index (Phi) is 3.14. The van der Waals surface area contributed by atoms with E-state index in [1.54, 1.807) is 6.20 Å². The smallest absolute Gasteiger partial charge is 0.342 e. The molecule has 4 nitrogen and oxygen atoms in total. The number of benzene rings is 1. The second kappa shape index (κ2) is 5.10. The Bertz CT molecular complexity index is 649. The molecule has 0 amide bonds. The summed E-state index contributed by atoms with van der Waals surface area (Å²) in [5, 5.41) is 0.946. The van der Waals surface area contributed by atoms with Crippen molar-refractivity contribution in [2.75, 3.05) is 6.61 Å². The molecule has 0 unspecified atom stereocenters. The van der Waals surface area contributed by atoms with Crippen LogP contribution in [0.2, 0.25) is 0 Å². The van der Waals surface area contributed by atoms with Crippen molar-refractivity contribution in [2.24, 2.45) is 0 Å². The van der Waals surface area contributed by atoms with Gasteiger partial charge >= 0.3 is 5.97 Å². The molecule has 0 fully saturated rings. The molecule has 2 aromatic rings. The number of ether oxygens (including phenoxy) is 2. The molecule has 1 aliphatic rings. The largest absolute Gasteiger partial charge is 0.501 e. The Hall–Kier alpha value is -2.36. The summed E-state index contributed by atoms with van der Waals surface area (Å²) in [6.45, 7) is 0.661. The predicted octanol–water partition coefficient (Wildman–Crippen LogP) is 2.83. The van der Waals surface area contributed by atoms with Crippen molar-refractivity contribution in [1.29, 1.82) is 0 Å². The van der Waals surface area contributed by atoms with E-state index in [4.69, 9.17) is 9.47 Å². The third kappa shape index (κ3) is 2.57. The molecule has 0 N–H and O–H groups in total. The van der Waals surface area contributed by atoms with Gasteiger partial charge in [-0.2, -0.15) is 0 Å². The van der Waals surface area contributed by atoms with Crippen LogP contribution in [0, 0.1) is 0 Å². The molecule has 1 aliphatic heterocycles. The average molecular weight is 255 g/mol. The van der Waals surface area contributed by atoms with Gasteiger partial charge in [0.2, 0.25) is 0 Å². The average Bonchev–Trinajstić information content (AvgIpc) is 2.48. The highest BCUT2D eigenvalue weighted by molar-refractivity contribution is 5.90. The first-order chi connectivity index (χ1) is 9.33. The zero-order valence-electron chi connectivity index (χ0n) is 10.3. The summed E-state index contributed by atoms with van der Waals surface area (Å²) in [5.41, 5.74) is 1.45. The van der Waals surface area contributed by atoms with Gasteiger partial charge in [-0.25, -0.2) is 4.79 Å². The van der Waals surface area contributed by atoms with Gasteiger partial charge in [-0.05, 0) is 25.0 Å². The van der Waals surface area contributed by atoms with E-state index in [0.29, 0.717) is 24.4 Å². The molecule has 0 saturated carbocycles. The van der Waals surface area contributed by atoms with Crippen LogP contribution in [0.25, 0.3) is 10.9 Å². The molecule has 0 radical (unpaired) electrons. The molecule has 2 heterocycles. The van der Waals surface area contributed by atoms with Gasteiger partial charge < -0.3 is 9.47 Å². The molecular weight excluding hydrogens is 242 g/mol. The SMILES string of the molecule is O=C(Oc1cnc2ccccc2c1)C1=COCCC1. The Morgan fingerprint density at radius 2 is 2.21 bits per heavy atom. The van der Waals surface area contributed by atoms with Crippen molar-refractivity contribution in [2.45, 2.75) is 12.8 Å². The summed E-state index contributed by atoms with van der Waals surface area (Å²) < 4.78 is 10.4. The van der Waals surface area contributed by atoms with Gasteiger partial charge in [-0.1, -0.05) is 18.2 Å². The third-order valence-electron chi connectivity index (χ3n) is 2.97. The van der Waals surface area contributed by atoms with Crippen LogP contribution in [0.3, 0.4) is 0 Å². The molecule has 19 heavy (non-hydrogen) atoms. The van der Waals surface area contributed by atoms with Crippen molar-refractivity contribution in [3.8, 4) is 5.75 Å². The number of hydrogen-bond acceptors (Lipinski definition) is 4. The summed E-state index contributed by atoms with van der Waals surface area (Å²) in [6.07, 6.45) is 4.58. The Labute approximate surface area is 110 Å². The number of aromatic nitrogens is 1. The number of para-hydroxylation sites is 1. The van der Waals surface area contributed by atoms with Crippen LogP contribution in [0.5, 0.6) is 5.75 Å². The second-order valence-corrected chi connectivity index (χ2v) is 4.37. The van der Waals surface area contributed by atoms with E-state index in [1.807, 2.05) is 30.3 Å². The van der Waals surface area contributed by atoms with Gasteiger partial charge in [0, 0.05) is 5.39 Å². The molecular formula is C15H13NO3. The van der Waals surface area contributed by atoms with E-state index < -0.39 is 0 Å². The normalized spacial score (nSPS) is 14.6. The Balaban J connectivity index is 1.81. The zero-order chi connectivity index (χ0) is 13.1. The third-order valence-corrected chi connectivity index (χ3v) is 2.97. The Morgan fingerprint density at radius 3 is 3.05 bits per heavy atom. The minimum atomic E-state index is -0.364. The van der Waals surface area contributed by atoms with Crippen LogP contribution in [-0.4, -0.2) is 17.6 Å². The quantitative estimate of drug-likeness (QED) is 0.774. The maximum atomic E-state index is 11.9. The second-order valence-electron chi connectivity index (χ2n) is 4.37. The lowest BCUT2D eigenvalue weighted by Gasteiger charge is -2.12. The van der Waals surface area contributed by atoms with Gasteiger partial charge in [0.1, 0.15) is 5.75 Å². The summed E-state index contributed by atoms with van der Waals surface area (Å²) in [4.78, 5) is 16.2. The van der Waals surface area contributed by atoms with E-state index in [0.717, 1.165) is 17.3 Å². The number of carbonyl (C=O) groups is 1. The summed E-state index contributed by atoms with van der Waals surface area (Å²) in [5.74, 6) is 0.0898. The number of carbonyl (C=O) groups excluding carboxylic acids is 1. The highest BCUT2D eigenvalue weighted by Gasteiger charge is 2.15. The van der Waals surface area contributed by atoms with E-state index >= 15 is 0 Å². The van der Waals surface area contributed by atoms with Gasteiger partial charge in [-0.3, -0.25) is 4.98 Å². The van der Waals surface area contributed by atoms with Crippen molar-refractivity contribution in [1.82, 2.24) is 4.98 Å². The maximum absolute atomic E-state index is 11.9. The topological polar surface area (TPSA) is 48.4 Å². The van der Waals surface area contributed by atoms with E-state index in [2.05, 4.69) is 4.98 Å². The lowest BCUT2D eigenvalue weighted by Crippen LogP contribution is -2.14. The monoisotopic (exact) mass is 255 g/mol. The fraction of sp³-hybridized carbons (Fsp3) is 0.200. The predicted molar refractivity (Wildman–Crippen MR) is 70.6 cm³/mol. The molecule has 0 aliphatic carbocycles. The molecule has 3 rings (SSSR count). The lowest BCUT2D eigenvalue weighted by atomic mass is 10.1. The first kappa shape index (κ1) is 11.7. The lowest BCUT2D eigenvalue weighted by molar-refractivity contribution is -0.130. The minimum absolute atomic E-state index is 0.364. The minimum Gasteiger partial charge on any atom is -0.501 e. The van der Waals surface area contributed by atoms with E-state index in [9.17, 15) is 4.79 Å². The highest BCUT2D eigenvalue weighted by Crippen LogP contribution is 2.20. The number of hydrogen-bond donors (Lipinski definition) is 0. The molecule has 0 spiro atoms. The number of nitrogens with zero attached hydrogens (tertiary/aromatic N) is 1. The number of esters is 1. The van der Waals surface area contributed by atoms with E-state index in [-0.39, 0.29) is 5.97 Å². The number of fused-ring (bicyclic) bond motifs is 1. The molecule has 96 valence electrons. The summed E-state index contributed by atoms with van der Waals surface area (Å²) in [6, 6.07) is 9.50. The molecule has 4 heteroatoms. The highest BCUT2D eigenvalue weighted by atomic mass is 16.5. The van der Waals surface area contributed by atoms with E-state index in [1.165, 1.54) is 6.26 Å². The van der Waals surface area contributed by atoms with Crippen molar-refractivity contribution < 1.29 is 14.3 Å². The van der Waals surface area contributed by atoms with Gasteiger partial charge in [0.05, 0.1) is 30.2 Å². The fourth-order valence-electron chi connectivity index (χ4n) is 1.99. The fourth-order valence-corrected chi connectivity index (χ4v) is 1.99. The number of pyridine rings is 1. The molecule has 0 atom stereocenters. The van der Waals surface area contributed by atoms with Crippen LogP contribution in [0.1, 0.15) is 12.8 Å². The zero-order valence-corrected chi connectivity index (χ0v) is 10.3. The first-order valence-electron chi connectivity index (χ1n) is 6.20. The summed E-state index contributed by atoms with van der Waals surface area (Å²) in [7, 11) is 0. The van der Waals surface area contributed by atoms with Crippen molar-refractivity contribution >= 4 is 16.9 Å². The van der Waals surface area contributed by atoms with Crippen LogP contribution < -0.4 is 4.74 Å². The van der Waals surface area contributed by atoms with Crippen LogP contribution in [0.4, 0.5) is 0 Å². The maximum Gasteiger partial charge on any atom is 0.342 e. The molecule has 1 aromatic carbocycles. The van der Waals surface area contributed by atoms with Crippen LogP contribution >= 0.6 is 0 Å². The van der Waals surface area contributed by atoms with Crippen LogP contribution in [-0.2, 0) is 9.53 Å². The van der Waals surface area contributed by atoms with Crippen molar-refractivity contribution in [3.63, 3.8) is 0 Å². The summed E-state index contributed by atoms with van der Waals surface area (Å²) >= 11 is 0. The standard InChI is InChI=1S/C15H13NO3/c17-15(12-5-3-7-18-10-12)19-13-8-11-4-1-2-6-14(11)16-9-13/h1-2,4,6,8-10H,3,5,7H2. The first-order valence-corrected chi connectivity index (χ1v) is 6.20. The van der Waals surface area contributed by atoms with Crippen LogP contribution in [0.15, 0.2) is 48.4 Å². The number of rotatable bonds is 2. The Morgan fingerprint density at radius 1 is 1.32 bits per heavy atom. The van der Waals surface area contributed by atoms with Gasteiger partial charge in [0.25, 0.3) is 0 Å². The molecule has 1 aromatic heterocycles. The molecule has 0 saturated heterocycles. The van der Waals surface area contributed by atoms with Gasteiger partial charge in [-0.15, -0.1) is 0 Å². The van der Waals surface area contributed by atoms with Crippen molar-refractivity contribution in [3.05, 3.63) is 48.4 Å². The molecule has 0 bridgehead atoms. The van der Waals surface area contributed by atoms with Gasteiger partial charge in [0.15, 0.2) is 0 Å².